The van der Waals surface area contributed by atoms with Crippen LogP contribution in [-0.4, -0.2) is 27.7 Å². The number of nitrogen functional groups attached to an aromatic ring is 1. The van der Waals surface area contributed by atoms with Gasteiger partial charge in [-0.3, -0.25) is 14.4 Å². The summed E-state index contributed by atoms with van der Waals surface area (Å²) < 4.78 is 7.12. The molecule has 3 rings (SSSR count). The molecule has 6 heteroatoms. The van der Waals surface area contributed by atoms with Gasteiger partial charge in [-0.2, -0.15) is 5.10 Å². The van der Waals surface area contributed by atoms with Crippen molar-refractivity contribution in [2.75, 3.05) is 12.3 Å². The van der Waals surface area contributed by atoms with Crippen LogP contribution in [0.2, 0.25) is 0 Å². The largest absolute Gasteiger partial charge is 0.444 e. The zero-order valence-electron chi connectivity index (χ0n) is 13.3. The van der Waals surface area contributed by atoms with Gasteiger partial charge in [-0.05, 0) is 12.8 Å². The van der Waals surface area contributed by atoms with Crippen molar-refractivity contribution in [2.24, 2.45) is 7.05 Å². The Morgan fingerprint density at radius 1 is 1.35 bits per heavy atom. The van der Waals surface area contributed by atoms with Crippen LogP contribution in [0.5, 0.6) is 0 Å². The number of piperidine rings is 1. The molecule has 2 unspecified atom stereocenters. The van der Waals surface area contributed by atoms with Gasteiger partial charge in [-0.15, -0.1) is 0 Å². The molecule has 2 aromatic rings. The summed E-state index contributed by atoms with van der Waals surface area (Å²) in [4.78, 5) is 13.2. The second kappa shape index (κ2) is 6.83. The van der Waals surface area contributed by atoms with Gasteiger partial charge in [0.1, 0.15) is 5.82 Å². The number of likely N-dealkylation sites (tertiary alicyclic amines) is 1. The first-order valence-electron chi connectivity index (χ1n) is 7.90. The van der Waals surface area contributed by atoms with Gasteiger partial charge in [-0.1, -0.05) is 36.8 Å². The van der Waals surface area contributed by atoms with E-state index in [1.165, 1.54) is 0 Å². The van der Waals surface area contributed by atoms with Crippen LogP contribution in [0.15, 0.2) is 36.4 Å². The average molecular weight is 314 g/mol. The van der Waals surface area contributed by atoms with E-state index in [-0.39, 0.29) is 6.04 Å². The fraction of sp³-hybridized carbons (Fsp3) is 0.412. The number of anilines is 1. The van der Waals surface area contributed by atoms with E-state index in [4.69, 9.17) is 10.5 Å². The van der Waals surface area contributed by atoms with E-state index in [1.807, 2.05) is 43.4 Å². The second-order valence-corrected chi connectivity index (χ2v) is 5.86. The van der Waals surface area contributed by atoms with Crippen molar-refractivity contribution in [2.45, 2.75) is 31.5 Å². The van der Waals surface area contributed by atoms with Crippen LogP contribution in [0.25, 0.3) is 0 Å². The highest BCUT2D eigenvalue weighted by atomic mass is 16.5. The van der Waals surface area contributed by atoms with E-state index in [1.54, 1.807) is 4.68 Å². The lowest BCUT2D eigenvalue weighted by Gasteiger charge is -2.39. The molecular formula is C17H22N4O2. The van der Waals surface area contributed by atoms with E-state index in [2.05, 4.69) is 10.00 Å². The van der Waals surface area contributed by atoms with E-state index in [9.17, 15) is 4.79 Å². The lowest BCUT2D eigenvalue weighted by Crippen LogP contribution is -2.38. The standard InChI is InChI=1S/C17H22N4O2/c1-20-16(18)11-14(19-20)15-9-5-6-10-21(15)17(23-12-22)13-7-3-2-4-8-13/h2-4,7-8,11-12,15,17H,5-6,9-10,18H2,1H3. The van der Waals surface area contributed by atoms with Gasteiger partial charge in [0.15, 0.2) is 6.23 Å². The van der Waals surface area contributed by atoms with Gasteiger partial charge in [0.25, 0.3) is 6.47 Å². The molecule has 0 spiro atoms. The Bertz CT molecular complexity index is 636. The molecule has 0 amide bonds. The molecule has 122 valence electrons. The number of hydrogen-bond donors (Lipinski definition) is 1. The van der Waals surface area contributed by atoms with E-state index >= 15 is 0 Å². The fourth-order valence-electron chi connectivity index (χ4n) is 3.24. The van der Waals surface area contributed by atoms with Crippen LogP contribution in [0, 0.1) is 0 Å². The molecule has 0 radical (unpaired) electrons. The second-order valence-electron chi connectivity index (χ2n) is 5.86. The first-order chi connectivity index (χ1) is 11.2. The van der Waals surface area contributed by atoms with E-state index in [0.29, 0.717) is 12.3 Å². The normalized spacial score (nSPS) is 20.1. The van der Waals surface area contributed by atoms with Gasteiger partial charge >= 0.3 is 0 Å². The summed E-state index contributed by atoms with van der Waals surface area (Å²) in [6, 6.07) is 11.8. The third kappa shape index (κ3) is 3.22. The summed E-state index contributed by atoms with van der Waals surface area (Å²) >= 11 is 0. The van der Waals surface area contributed by atoms with Crippen LogP contribution in [0.3, 0.4) is 0 Å². The van der Waals surface area contributed by atoms with Crippen molar-refractivity contribution in [3.63, 3.8) is 0 Å². The van der Waals surface area contributed by atoms with E-state index < -0.39 is 6.23 Å². The monoisotopic (exact) mass is 314 g/mol. The maximum Gasteiger partial charge on any atom is 0.294 e. The molecule has 0 bridgehead atoms. The summed E-state index contributed by atoms with van der Waals surface area (Å²) in [5.74, 6) is 0.637. The van der Waals surface area contributed by atoms with Crippen molar-refractivity contribution in [1.82, 2.24) is 14.7 Å². The van der Waals surface area contributed by atoms with Gasteiger partial charge in [0.05, 0.1) is 11.7 Å². The number of aromatic nitrogens is 2. The van der Waals surface area contributed by atoms with Crippen molar-refractivity contribution in [1.29, 1.82) is 0 Å². The Morgan fingerprint density at radius 3 is 2.78 bits per heavy atom. The zero-order valence-corrected chi connectivity index (χ0v) is 13.3. The highest BCUT2D eigenvalue weighted by Gasteiger charge is 2.33. The quantitative estimate of drug-likeness (QED) is 0.858. The molecule has 1 aliphatic rings. The number of ether oxygens (including phenoxy) is 1. The lowest BCUT2D eigenvalue weighted by molar-refractivity contribution is -0.149. The van der Waals surface area contributed by atoms with Gasteiger partial charge in [-0.25, -0.2) is 0 Å². The molecule has 1 aromatic carbocycles. The first-order valence-corrected chi connectivity index (χ1v) is 7.90. The average Bonchev–Trinajstić information content (AvgIpc) is 2.92. The first kappa shape index (κ1) is 15.6. The Morgan fingerprint density at radius 2 is 2.13 bits per heavy atom. The highest BCUT2D eigenvalue weighted by Crippen LogP contribution is 2.37. The molecule has 1 aromatic heterocycles. The predicted molar refractivity (Wildman–Crippen MR) is 87.3 cm³/mol. The summed E-state index contributed by atoms with van der Waals surface area (Å²) in [6.45, 7) is 1.38. The molecule has 6 nitrogen and oxygen atoms in total. The van der Waals surface area contributed by atoms with Crippen LogP contribution in [0.1, 0.15) is 42.8 Å². The molecule has 23 heavy (non-hydrogen) atoms. The number of rotatable bonds is 5. The zero-order chi connectivity index (χ0) is 16.2. The smallest absolute Gasteiger partial charge is 0.294 e. The molecule has 1 aliphatic heterocycles. The minimum absolute atomic E-state index is 0.0948. The highest BCUT2D eigenvalue weighted by molar-refractivity contribution is 5.39. The summed E-state index contributed by atoms with van der Waals surface area (Å²) in [6.07, 6.45) is 2.77. The lowest BCUT2D eigenvalue weighted by atomic mass is 9.97. The molecule has 1 fully saturated rings. The van der Waals surface area contributed by atoms with Crippen molar-refractivity contribution in [3.8, 4) is 0 Å². The number of carbonyl (C=O) groups excluding carboxylic acids is 1. The molecule has 2 heterocycles. The van der Waals surface area contributed by atoms with Crippen molar-refractivity contribution >= 4 is 12.3 Å². The Hall–Kier alpha value is -2.34. The Balaban J connectivity index is 1.93. The van der Waals surface area contributed by atoms with E-state index in [0.717, 1.165) is 37.1 Å². The third-order valence-corrected chi connectivity index (χ3v) is 4.39. The van der Waals surface area contributed by atoms with Crippen LogP contribution in [0.4, 0.5) is 5.82 Å². The fourth-order valence-corrected chi connectivity index (χ4v) is 3.24. The molecule has 2 N–H and O–H groups in total. The predicted octanol–water partition coefficient (Wildman–Crippen LogP) is 2.40. The minimum atomic E-state index is -0.401. The SMILES string of the molecule is Cn1nc(C2CCCCN2C(OC=O)c2ccccc2)cc1N. The molecule has 0 aliphatic carbocycles. The van der Waals surface area contributed by atoms with Crippen molar-refractivity contribution in [3.05, 3.63) is 47.7 Å². The Kier molecular flexibility index (Phi) is 4.62. The summed E-state index contributed by atoms with van der Waals surface area (Å²) in [5.41, 5.74) is 7.83. The summed E-state index contributed by atoms with van der Waals surface area (Å²) in [7, 11) is 1.84. The number of hydrogen-bond acceptors (Lipinski definition) is 5. The van der Waals surface area contributed by atoms with Gasteiger partial charge < -0.3 is 10.5 Å². The number of carbonyl (C=O) groups is 1. The van der Waals surface area contributed by atoms with Crippen molar-refractivity contribution < 1.29 is 9.53 Å². The maximum atomic E-state index is 11.0. The third-order valence-electron chi connectivity index (χ3n) is 4.39. The molecule has 1 saturated heterocycles. The summed E-state index contributed by atoms with van der Waals surface area (Å²) in [5, 5.41) is 4.53. The van der Waals surface area contributed by atoms with Gasteiger partial charge in [0, 0.05) is 25.2 Å². The topological polar surface area (TPSA) is 73.4 Å². The number of aryl methyl sites for hydroxylation is 1. The number of nitrogens with two attached hydrogens (primary N) is 1. The van der Waals surface area contributed by atoms with Crippen LogP contribution < -0.4 is 5.73 Å². The minimum Gasteiger partial charge on any atom is -0.444 e. The number of benzene rings is 1. The molecule has 2 atom stereocenters. The van der Waals surface area contributed by atoms with Crippen LogP contribution in [-0.2, 0) is 16.6 Å². The molecule has 0 saturated carbocycles. The van der Waals surface area contributed by atoms with Gasteiger partial charge in [0.2, 0.25) is 0 Å². The molecular weight excluding hydrogens is 292 g/mol. The van der Waals surface area contributed by atoms with Crippen LogP contribution >= 0.6 is 0 Å². The maximum absolute atomic E-state index is 11.0. The Labute approximate surface area is 135 Å². The number of nitrogens with zero attached hydrogens (tertiary/aromatic N) is 3.